The van der Waals surface area contributed by atoms with Crippen molar-refractivity contribution in [3.05, 3.63) is 0 Å². The second-order valence-electron chi connectivity index (χ2n) is 2.49. The lowest BCUT2D eigenvalue weighted by Gasteiger charge is -2.12. The minimum Gasteiger partial charge on any atom is -0.302 e. The predicted octanol–water partition coefficient (Wildman–Crippen LogP) is 3.51. The monoisotopic (exact) mass is 318 g/mol. The third kappa shape index (κ3) is 11.5. The van der Waals surface area contributed by atoms with Crippen molar-refractivity contribution in [1.29, 1.82) is 0 Å². The van der Waals surface area contributed by atoms with Gasteiger partial charge in [0.15, 0.2) is 0 Å². The molecule has 0 aliphatic carbocycles. The van der Waals surface area contributed by atoms with E-state index in [1.165, 1.54) is 0 Å². The molecular formula is C6H11Cl4O4P. The van der Waals surface area contributed by atoms with Gasteiger partial charge in [0, 0.05) is 12.8 Å². The van der Waals surface area contributed by atoms with Gasteiger partial charge in [-0.25, -0.2) is 4.57 Å². The largest absolute Gasteiger partial charge is 0.472 e. The van der Waals surface area contributed by atoms with Gasteiger partial charge < -0.3 is 4.89 Å². The molecule has 0 bridgehead atoms. The lowest BCUT2D eigenvalue weighted by Crippen LogP contribution is -2.02. The molecule has 0 radical (unpaired) electrons. The van der Waals surface area contributed by atoms with Crippen LogP contribution in [0.2, 0.25) is 0 Å². The third-order valence-corrected chi connectivity index (χ3v) is 3.07. The Morgan fingerprint density at radius 2 is 1.33 bits per heavy atom. The van der Waals surface area contributed by atoms with Gasteiger partial charge >= 0.3 is 7.82 Å². The van der Waals surface area contributed by atoms with Crippen LogP contribution < -0.4 is 0 Å². The van der Waals surface area contributed by atoms with E-state index in [1.54, 1.807) is 0 Å². The molecule has 0 saturated heterocycles. The molecule has 0 rings (SSSR count). The number of hydrogen-bond donors (Lipinski definition) is 1. The minimum atomic E-state index is -4.04. The molecule has 15 heavy (non-hydrogen) atoms. The van der Waals surface area contributed by atoms with E-state index in [4.69, 9.17) is 51.3 Å². The first-order valence-electron chi connectivity index (χ1n) is 4.01. The van der Waals surface area contributed by atoms with Gasteiger partial charge in [0.1, 0.15) is 9.67 Å². The Kier molecular flexibility index (Phi) is 9.08. The number of phosphoric ester groups is 1. The Morgan fingerprint density at radius 1 is 1.00 bits per heavy atom. The molecule has 0 unspecified atom stereocenters. The fraction of sp³-hybridized carbons (Fsp3) is 1.00. The van der Waals surface area contributed by atoms with Gasteiger partial charge in [-0.2, -0.15) is 0 Å². The van der Waals surface area contributed by atoms with Gasteiger partial charge in [-0.1, -0.05) is 0 Å². The summed E-state index contributed by atoms with van der Waals surface area (Å²) in [4.78, 5) is 7.80. The van der Waals surface area contributed by atoms with E-state index < -0.39 is 17.5 Å². The van der Waals surface area contributed by atoms with Crippen molar-refractivity contribution in [3.63, 3.8) is 0 Å². The van der Waals surface area contributed by atoms with E-state index in [2.05, 4.69) is 9.05 Å². The van der Waals surface area contributed by atoms with E-state index in [0.717, 1.165) is 0 Å². The molecule has 0 atom stereocenters. The topological polar surface area (TPSA) is 55.8 Å². The maximum atomic E-state index is 11.1. The summed E-state index contributed by atoms with van der Waals surface area (Å²) in [7, 11) is -4.04. The van der Waals surface area contributed by atoms with E-state index in [0.29, 0.717) is 0 Å². The Balaban J connectivity index is 3.63. The molecule has 4 nitrogen and oxygen atoms in total. The molecule has 0 saturated carbocycles. The zero-order chi connectivity index (χ0) is 11.9. The Hall–Kier alpha value is 1.27. The van der Waals surface area contributed by atoms with E-state index >= 15 is 0 Å². The molecule has 0 aromatic heterocycles. The summed E-state index contributed by atoms with van der Waals surface area (Å²) in [5.74, 6) is 0. The first-order chi connectivity index (χ1) is 6.83. The van der Waals surface area contributed by atoms with Crippen LogP contribution in [0, 0.1) is 0 Å². The minimum absolute atomic E-state index is 0.0589. The van der Waals surface area contributed by atoms with Gasteiger partial charge in [-0.05, 0) is 0 Å². The smallest absolute Gasteiger partial charge is 0.302 e. The quantitative estimate of drug-likeness (QED) is 0.549. The maximum absolute atomic E-state index is 11.1. The first kappa shape index (κ1) is 16.3. The van der Waals surface area contributed by atoms with Crippen molar-refractivity contribution in [3.8, 4) is 0 Å². The number of halogens is 4. The zero-order valence-corrected chi connectivity index (χ0v) is 11.5. The maximum Gasteiger partial charge on any atom is 0.472 e. The second-order valence-corrected chi connectivity index (χ2v) is 6.50. The van der Waals surface area contributed by atoms with Crippen LogP contribution in [0.3, 0.4) is 0 Å². The molecular weight excluding hydrogens is 309 g/mol. The highest BCUT2D eigenvalue weighted by Crippen LogP contribution is 2.43. The molecule has 0 aromatic rings. The van der Waals surface area contributed by atoms with E-state index in [1.807, 2.05) is 0 Å². The SMILES string of the molecule is O=P(O)(OCCC(Cl)Cl)OCCC(Cl)Cl. The molecule has 0 heterocycles. The summed E-state index contributed by atoms with van der Waals surface area (Å²) in [5.41, 5.74) is 0. The summed E-state index contributed by atoms with van der Waals surface area (Å²) >= 11 is 21.6. The highest BCUT2D eigenvalue weighted by Gasteiger charge is 2.21. The standard InChI is InChI=1S/C6H11Cl4O4P/c7-5(8)1-3-13-15(11,12)14-4-2-6(9)10/h5-6H,1-4H2,(H,11,12). The first-order valence-corrected chi connectivity index (χ1v) is 7.26. The lowest BCUT2D eigenvalue weighted by atomic mass is 10.5. The summed E-state index contributed by atoms with van der Waals surface area (Å²) in [6, 6.07) is 0. The third-order valence-electron chi connectivity index (χ3n) is 1.18. The van der Waals surface area contributed by atoms with Crippen molar-refractivity contribution < 1.29 is 18.5 Å². The van der Waals surface area contributed by atoms with Crippen LogP contribution in [0.1, 0.15) is 12.8 Å². The van der Waals surface area contributed by atoms with Crippen molar-refractivity contribution in [2.45, 2.75) is 22.5 Å². The van der Waals surface area contributed by atoms with Crippen LogP contribution in [0.4, 0.5) is 0 Å². The van der Waals surface area contributed by atoms with Crippen molar-refractivity contribution in [1.82, 2.24) is 0 Å². The Morgan fingerprint density at radius 3 is 1.60 bits per heavy atom. The lowest BCUT2D eigenvalue weighted by molar-refractivity contribution is 0.149. The number of hydrogen-bond acceptors (Lipinski definition) is 3. The second kappa shape index (κ2) is 8.37. The van der Waals surface area contributed by atoms with Crippen molar-refractivity contribution in [2.24, 2.45) is 0 Å². The van der Waals surface area contributed by atoms with Crippen LogP contribution in [-0.2, 0) is 13.6 Å². The molecule has 1 N–H and O–H groups in total. The highest BCUT2D eigenvalue weighted by atomic mass is 35.5. The summed E-state index contributed by atoms with van der Waals surface area (Å²) in [6.07, 6.45) is 0.481. The van der Waals surface area contributed by atoms with E-state index in [9.17, 15) is 4.57 Å². The summed E-state index contributed by atoms with van der Waals surface area (Å²) in [6.45, 7) is -0.118. The Labute approximate surface area is 108 Å². The predicted molar refractivity (Wildman–Crippen MR) is 62.0 cm³/mol. The molecule has 0 amide bonds. The molecule has 0 aliphatic rings. The number of alkyl halides is 4. The van der Waals surface area contributed by atoms with Gasteiger partial charge in [0.25, 0.3) is 0 Å². The number of phosphoric acid groups is 1. The average molecular weight is 320 g/mol. The van der Waals surface area contributed by atoms with Crippen LogP contribution in [-0.4, -0.2) is 27.8 Å². The molecule has 0 fully saturated rings. The van der Waals surface area contributed by atoms with Gasteiger partial charge in [-0.3, -0.25) is 9.05 Å². The van der Waals surface area contributed by atoms with Gasteiger partial charge in [0.05, 0.1) is 13.2 Å². The van der Waals surface area contributed by atoms with Crippen molar-refractivity contribution in [2.75, 3.05) is 13.2 Å². The van der Waals surface area contributed by atoms with Crippen LogP contribution in [0.15, 0.2) is 0 Å². The van der Waals surface area contributed by atoms with Crippen molar-refractivity contribution >= 4 is 54.2 Å². The van der Waals surface area contributed by atoms with Crippen LogP contribution in [0.25, 0.3) is 0 Å². The average Bonchev–Trinajstić information content (AvgIpc) is 2.01. The summed E-state index contributed by atoms with van der Waals surface area (Å²) in [5, 5.41) is 0. The fourth-order valence-electron chi connectivity index (χ4n) is 0.552. The van der Waals surface area contributed by atoms with Gasteiger partial charge in [-0.15, -0.1) is 46.4 Å². The number of rotatable bonds is 8. The molecule has 9 heteroatoms. The normalized spacial score (nSPS) is 12.7. The molecule has 92 valence electrons. The summed E-state index contributed by atoms with van der Waals surface area (Å²) < 4.78 is 20.2. The molecule has 0 spiro atoms. The van der Waals surface area contributed by atoms with Crippen LogP contribution in [0.5, 0.6) is 0 Å². The Bertz CT molecular complexity index is 195. The van der Waals surface area contributed by atoms with E-state index in [-0.39, 0.29) is 26.1 Å². The fourth-order valence-corrected chi connectivity index (χ4v) is 1.65. The zero-order valence-electron chi connectivity index (χ0n) is 7.61. The molecule has 0 aromatic carbocycles. The highest BCUT2D eigenvalue weighted by molar-refractivity contribution is 7.47. The van der Waals surface area contributed by atoms with Crippen LogP contribution >= 0.6 is 54.2 Å². The van der Waals surface area contributed by atoms with Gasteiger partial charge in [0.2, 0.25) is 0 Å². The molecule has 0 aliphatic heterocycles.